The Balaban J connectivity index is 3.00. The van der Waals surface area contributed by atoms with E-state index in [0.29, 0.717) is 17.9 Å². The highest BCUT2D eigenvalue weighted by molar-refractivity contribution is 6.10. The number of aliphatic hydroxyl groups is 1. The highest BCUT2D eigenvalue weighted by Crippen LogP contribution is 2.39. The van der Waals surface area contributed by atoms with E-state index in [4.69, 9.17) is 0 Å². The van der Waals surface area contributed by atoms with Gasteiger partial charge >= 0.3 is 0 Å². The zero-order chi connectivity index (χ0) is 11.6. The van der Waals surface area contributed by atoms with Crippen LogP contribution < -0.4 is 0 Å². The minimum atomic E-state index is -0.284. The van der Waals surface area contributed by atoms with Crippen molar-refractivity contribution in [3.05, 3.63) is 36.1 Å². The highest BCUT2D eigenvalue weighted by atomic mass is 16.3. The zero-order valence-electron chi connectivity index (χ0n) is 9.42. The molecule has 2 nitrogen and oxygen atoms in total. The van der Waals surface area contributed by atoms with E-state index < -0.39 is 0 Å². The minimum Gasteiger partial charge on any atom is -0.504 e. The van der Waals surface area contributed by atoms with Gasteiger partial charge in [0, 0.05) is 11.5 Å². The van der Waals surface area contributed by atoms with Crippen LogP contribution in [0.2, 0.25) is 0 Å². The first kappa shape index (κ1) is 11.8. The van der Waals surface area contributed by atoms with Crippen molar-refractivity contribution in [2.45, 2.75) is 26.7 Å². The van der Waals surface area contributed by atoms with Crippen LogP contribution in [-0.4, -0.2) is 10.9 Å². The number of aliphatic hydroxyl groups excluding tert-OH is 1. The molecule has 1 atom stereocenters. The van der Waals surface area contributed by atoms with Gasteiger partial charge in [-0.25, -0.2) is 0 Å². The molecule has 0 saturated heterocycles. The molecule has 1 unspecified atom stereocenters. The number of carbonyl (C=O) groups excluding carboxylic acids is 1. The fourth-order valence-electron chi connectivity index (χ4n) is 2.13. The van der Waals surface area contributed by atoms with E-state index >= 15 is 0 Å². The summed E-state index contributed by atoms with van der Waals surface area (Å²) < 4.78 is 0. The lowest BCUT2D eigenvalue weighted by atomic mass is 9.85. The normalized spacial score (nSPS) is 21.7. The molecule has 0 aliphatic heterocycles. The van der Waals surface area contributed by atoms with Gasteiger partial charge < -0.3 is 5.11 Å². The first-order chi connectivity index (χ1) is 7.00. The van der Waals surface area contributed by atoms with Crippen molar-refractivity contribution in [2.24, 2.45) is 11.8 Å². The molecule has 0 amide bonds. The third-order valence-electron chi connectivity index (χ3n) is 2.85. The third-order valence-corrected chi connectivity index (χ3v) is 2.85. The molecular weight excluding hydrogens is 188 g/mol. The van der Waals surface area contributed by atoms with Crippen molar-refractivity contribution in [3.63, 3.8) is 0 Å². The van der Waals surface area contributed by atoms with Crippen LogP contribution in [0, 0.1) is 11.8 Å². The van der Waals surface area contributed by atoms with Crippen LogP contribution in [0.15, 0.2) is 36.1 Å². The second-order valence-corrected chi connectivity index (χ2v) is 4.28. The largest absolute Gasteiger partial charge is 0.504 e. The molecule has 1 rings (SSSR count). The smallest absolute Gasteiger partial charge is 0.223 e. The molecule has 15 heavy (non-hydrogen) atoms. The number of hydrogen-bond acceptors (Lipinski definition) is 2. The quantitative estimate of drug-likeness (QED) is 0.566. The van der Waals surface area contributed by atoms with Gasteiger partial charge in [-0.05, 0) is 24.3 Å². The van der Waals surface area contributed by atoms with Crippen molar-refractivity contribution in [2.75, 3.05) is 0 Å². The van der Waals surface area contributed by atoms with E-state index in [-0.39, 0.29) is 17.5 Å². The third kappa shape index (κ3) is 2.04. The molecule has 1 N–H and O–H groups in total. The molecule has 0 aromatic rings. The SMILES string of the molecule is C=CCCC1=C(O)C(=O)C(=C)C1C(C)C. The summed E-state index contributed by atoms with van der Waals surface area (Å²) in [5.74, 6) is -0.0586. The molecule has 0 heterocycles. The predicted molar refractivity (Wildman–Crippen MR) is 61.6 cm³/mol. The van der Waals surface area contributed by atoms with Crippen molar-refractivity contribution in [1.29, 1.82) is 0 Å². The van der Waals surface area contributed by atoms with Crippen LogP contribution in [0.4, 0.5) is 0 Å². The minimum absolute atomic E-state index is 0.0115. The summed E-state index contributed by atoms with van der Waals surface area (Å²) >= 11 is 0. The van der Waals surface area contributed by atoms with Crippen LogP contribution in [-0.2, 0) is 4.79 Å². The van der Waals surface area contributed by atoms with Crippen molar-refractivity contribution >= 4 is 5.78 Å². The van der Waals surface area contributed by atoms with Crippen LogP contribution in [0.3, 0.4) is 0 Å². The number of Topliss-reactive ketones (excluding diaryl/α,β-unsaturated/α-hetero) is 1. The van der Waals surface area contributed by atoms with Crippen molar-refractivity contribution in [3.8, 4) is 0 Å². The molecule has 2 heteroatoms. The molecule has 0 radical (unpaired) electrons. The number of hydrogen-bond donors (Lipinski definition) is 1. The molecule has 0 aromatic heterocycles. The number of rotatable bonds is 4. The first-order valence-corrected chi connectivity index (χ1v) is 5.27. The molecular formula is C13H18O2. The summed E-state index contributed by atoms with van der Waals surface area (Å²) in [4.78, 5) is 11.6. The Morgan fingerprint density at radius 1 is 1.53 bits per heavy atom. The Morgan fingerprint density at radius 3 is 2.60 bits per heavy atom. The van der Waals surface area contributed by atoms with E-state index in [1.807, 2.05) is 13.8 Å². The highest BCUT2D eigenvalue weighted by Gasteiger charge is 2.36. The molecule has 0 saturated carbocycles. The molecule has 0 aromatic carbocycles. The Hall–Kier alpha value is -1.31. The van der Waals surface area contributed by atoms with E-state index in [0.717, 1.165) is 12.0 Å². The van der Waals surface area contributed by atoms with Gasteiger partial charge in [0.2, 0.25) is 5.78 Å². The lowest BCUT2D eigenvalue weighted by Crippen LogP contribution is -2.11. The molecule has 1 aliphatic carbocycles. The lowest BCUT2D eigenvalue weighted by Gasteiger charge is -2.18. The maximum atomic E-state index is 11.6. The van der Waals surface area contributed by atoms with E-state index in [1.54, 1.807) is 6.08 Å². The topological polar surface area (TPSA) is 37.3 Å². The Morgan fingerprint density at radius 2 is 2.13 bits per heavy atom. The molecule has 0 bridgehead atoms. The summed E-state index contributed by atoms with van der Waals surface area (Å²) in [7, 11) is 0. The lowest BCUT2D eigenvalue weighted by molar-refractivity contribution is -0.114. The summed E-state index contributed by atoms with van der Waals surface area (Å²) in [6, 6.07) is 0. The summed E-state index contributed by atoms with van der Waals surface area (Å²) in [5, 5.41) is 9.71. The number of carbonyl (C=O) groups is 1. The fraction of sp³-hybridized carbons (Fsp3) is 0.462. The number of ketones is 1. The molecule has 1 aliphatic rings. The average molecular weight is 206 g/mol. The van der Waals surface area contributed by atoms with Crippen molar-refractivity contribution in [1.82, 2.24) is 0 Å². The maximum Gasteiger partial charge on any atom is 0.223 e. The van der Waals surface area contributed by atoms with Gasteiger partial charge in [-0.1, -0.05) is 26.5 Å². The molecule has 82 valence electrons. The van der Waals surface area contributed by atoms with Crippen molar-refractivity contribution < 1.29 is 9.90 Å². The van der Waals surface area contributed by atoms with Gasteiger partial charge in [0.15, 0.2) is 5.76 Å². The second-order valence-electron chi connectivity index (χ2n) is 4.28. The van der Waals surface area contributed by atoms with E-state index in [9.17, 15) is 9.90 Å². The van der Waals surface area contributed by atoms with Crippen LogP contribution in [0.25, 0.3) is 0 Å². The van der Waals surface area contributed by atoms with E-state index in [2.05, 4.69) is 13.2 Å². The van der Waals surface area contributed by atoms with Crippen LogP contribution >= 0.6 is 0 Å². The van der Waals surface area contributed by atoms with Crippen LogP contribution in [0.5, 0.6) is 0 Å². The van der Waals surface area contributed by atoms with Gasteiger partial charge in [-0.15, -0.1) is 6.58 Å². The summed E-state index contributed by atoms with van der Waals surface area (Å²) in [6.45, 7) is 11.5. The average Bonchev–Trinajstić information content (AvgIpc) is 2.39. The number of allylic oxidation sites excluding steroid dienone is 3. The fourth-order valence-corrected chi connectivity index (χ4v) is 2.13. The van der Waals surface area contributed by atoms with Crippen LogP contribution in [0.1, 0.15) is 26.7 Å². The standard InChI is InChI=1S/C13H18O2/c1-5-6-7-10-11(8(2)3)9(4)12(14)13(10)15/h5,8,11,15H,1,4,6-7H2,2-3H3. The maximum absolute atomic E-state index is 11.6. The first-order valence-electron chi connectivity index (χ1n) is 5.27. The zero-order valence-corrected chi connectivity index (χ0v) is 9.42. The van der Waals surface area contributed by atoms with Gasteiger partial charge in [0.1, 0.15) is 0 Å². The Labute approximate surface area is 91.0 Å². The Bertz CT molecular complexity index is 334. The summed E-state index contributed by atoms with van der Waals surface area (Å²) in [6.07, 6.45) is 3.27. The predicted octanol–water partition coefficient (Wildman–Crippen LogP) is 3.18. The van der Waals surface area contributed by atoms with Gasteiger partial charge in [-0.3, -0.25) is 4.79 Å². The Kier molecular flexibility index (Phi) is 3.51. The monoisotopic (exact) mass is 206 g/mol. The van der Waals surface area contributed by atoms with Gasteiger partial charge in [-0.2, -0.15) is 0 Å². The van der Waals surface area contributed by atoms with E-state index in [1.165, 1.54) is 0 Å². The van der Waals surface area contributed by atoms with Gasteiger partial charge in [0.25, 0.3) is 0 Å². The molecule has 0 spiro atoms. The summed E-state index contributed by atoms with van der Waals surface area (Å²) in [5.41, 5.74) is 1.36. The second kappa shape index (κ2) is 4.47. The van der Waals surface area contributed by atoms with Gasteiger partial charge in [0.05, 0.1) is 0 Å². The molecule has 0 fully saturated rings.